The number of amides is 1. The van der Waals surface area contributed by atoms with Gasteiger partial charge in [-0.25, -0.2) is 8.78 Å². The van der Waals surface area contributed by atoms with E-state index in [0.717, 1.165) is 44.9 Å². The fourth-order valence-electron chi connectivity index (χ4n) is 3.02. The summed E-state index contributed by atoms with van der Waals surface area (Å²) in [5, 5.41) is 2.50. The molecule has 1 amide bonds. The Morgan fingerprint density at radius 1 is 1.00 bits per heavy atom. The van der Waals surface area contributed by atoms with E-state index in [9.17, 15) is 13.6 Å². The number of nitrogens with one attached hydrogen (secondary N) is 1. The Kier molecular flexibility index (Phi) is 6.68. The lowest BCUT2D eigenvalue weighted by atomic mass is 10.2. The third-order valence-electron chi connectivity index (χ3n) is 4.51. The summed E-state index contributed by atoms with van der Waals surface area (Å²) in [6, 6.07) is 13.3. The van der Waals surface area contributed by atoms with Crippen molar-refractivity contribution in [2.75, 3.05) is 44.6 Å². The minimum atomic E-state index is -0.765. The van der Waals surface area contributed by atoms with Gasteiger partial charge in [0.25, 0.3) is 0 Å². The Morgan fingerprint density at radius 2 is 1.70 bits per heavy atom. The van der Waals surface area contributed by atoms with Crippen LogP contribution in [0.25, 0.3) is 6.08 Å². The summed E-state index contributed by atoms with van der Waals surface area (Å²) in [7, 11) is 0. The van der Waals surface area contributed by atoms with Crippen LogP contribution in [0.5, 0.6) is 0 Å². The lowest BCUT2D eigenvalue weighted by molar-refractivity contribution is -0.117. The SMILES string of the molecule is O=C(CN1CCN(CC=Cc2ccccc2)CC1)Nc1ccc(F)cc1F. The maximum absolute atomic E-state index is 13.6. The first-order valence-corrected chi connectivity index (χ1v) is 9.01. The summed E-state index contributed by atoms with van der Waals surface area (Å²) in [4.78, 5) is 16.5. The summed E-state index contributed by atoms with van der Waals surface area (Å²) in [5.74, 6) is -1.72. The topological polar surface area (TPSA) is 35.6 Å². The molecule has 0 atom stereocenters. The monoisotopic (exact) mass is 371 g/mol. The molecule has 0 aliphatic carbocycles. The van der Waals surface area contributed by atoms with E-state index >= 15 is 0 Å². The van der Waals surface area contributed by atoms with Crippen molar-refractivity contribution >= 4 is 17.7 Å². The van der Waals surface area contributed by atoms with Gasteiger partial charge < -0.3 is 5.32 Å². The van der Waals surface area contributed by atoms with Crippen molar-refractivity contribution in [2.24, 2.45) is 0 Å². The van der Waals surface area contributed by atoms with Gasteiger partial charge in [-0.05, 0) is 17.7 Å². The fraction of sp³-hybridized carbons (Fsp3) is 0.286. The molecule has 2 aromatic rings. The second-order valence-electron chi connectivity index (χ2n) is 6.56. The average molecular weight is 371 g/mol. The molecule has 1 aliphatic heterocycles. The molecule has 27 heavy (non-hydrogen) atoms. The maximum Gasteiger partial charge on any atom is 0.238 e. The van der Waals surface area contributed by atoms with Crippen molar-refractivity contribution in [3.05, 3.63) is 71.8 Å². The van der Waals surface area contributed by atoms with Crippen molar-refractivity contribution in [1.29, 1.82) is 0 Å². The number of carbonyl (C=O) groups excluding carboxylic acids is 1. The number of nitrogens with zero attached hydrogens (tertiary/aromatic N) is 2. The molecule has 4 nitrogen and oxygen atoms in total. The number of benzene rings is 2. The summed E-state index contributed by atoms with van der Waals surface area (Å²) in [6.07, 6.45) is 4.26. The number of rotatable bonds is 6. The van der Waals surface area contributed by atoms with Gasteiger partial charge >= 0.3 is 0 Å². The molecule has 1 heterocycles. The van der Waals surface area contributed by atoms with Crippen molar-refractivity contribution in [3.63, 3.8) is 0 Å². The third-order valence-corrected chi connectivity index (χ3v) is 4.51. The van der Waals surface area contributed by atoms with Crippen molar-refractivity contribution in [3.8, 4) is 0 Å². The number of hydrogen-bond donors (Lipinski definition) is 1. The Bertz CT molecular complexity index is 787. The molecule has 1 saturated heterocycles. The number of hydrogen-bond acceptors (Lipinski definition) is 3. The Hall–Kier alpha value is -2.57. The van der Waals surface area contributed by atoms with Gasteiger partial charge in [0.1, 0.15) is 11.6 Å². The summed E-state index contributed by atoms with van der Waals surface area (Å²) in [6.45, 7) is 4.37. The second-order valence-corrected chi connectivity index (χ2v) is 6.56. The van der Waals surface area contributed by atoms with Gasteiger partial charge in [0.15, 0.2) is 0 Å². The van der Waals surface area contributed by atoms with Crippen LogP contribution in [-0.4, -0.2) is 55.0 Å². The second kappa shape index (κ2) is 9.39. The molecule has 1 N–H and O–H groups in total. The van der Waals surface area contributed by atoms with Gasteiger partial charge in [-0.15, -0.1) is 0 Å². The smallest absolute Gasteiger partial charge is 0.238 e. The first-order chi connectivity index (χ1) is 13.1. The van der Waals surface area contributed by atoms with Crippen LogP contribution in [-0.2, 0) is 4.79 Å². The van der Waals surface area contributed by atoms with Crippen LogP contribution in [0.15, 0.2) is 54.6 Å². The highest BCUT2D eigenvalue weighted by Gasteiger charge is 2.18. The quantitative estimate of drug-likeness (QED) is 0.847. The Balaban J connectivity index is 1.40. The highest BCUT2D eigenvalue weighted by Crippen LogP contribution is 2.15. The molecule has 0 radical (unpaired) electrons. The van der Waals surface area contributed by atoms with Gasteiger partial charge in [0, 0.05) is 38.8 Å². The minimum Gasteiger partial charge on any atom is -0.322 e. The molecule has 0 spiro atoms. The van der Waals surface area contributed by atoms with Crippen molar-refractivity contribution < 1.29 is 13.6 Å². The van der Waals surface area contributed by atoms with Crippen LogP contribution < -0.4 is 5.32 Å². The van der Waals surface area contributed by atoms with E-state index in [4.69, 9.17) is 0 Å². The molecule has 1 fully saturated rings. The van der Waals surface area contributed by atoms with E-state index in [2.05, 4.69) is 34.5 Å². The normalized spacial score (nSPS) is 15.9. The standard InChI is InChI=1S/C21H23F2N3O/c22-18-8-9-20(19(23)15-18)24-21(27)16-26-13-11-25(12-14-26)10-4-7-17-5-2-1-3-6-17/h1-9,15H,10-14,16H2,(H,24,27). The number of piperazine rings is 1. The summed E-state index contributed by atoms with van der Waals surface area (Å²) >= 11 is 0. The molecule has 142 valence electrons. The van der Waals surface area contributed by atoms with Gasteiger partial charge in [-0.3, -0.25) is 14.6 Å². The minimum absolute atomic E-state index is 0.00563. The Morgan fingerprint density at radius 3 is 2.41 bits per heavy atom. The maximum atomic E-state index is 13.6. The van der Waals surface area contributed by atoms with Crippen LogP contribution in [0, 0.1) is 11.6 Å². The lowest BCUT2D eigenvalue weighted by Crippen LogP contribution is -2.48. The van der Waals surface area contributed by atoms with Crippen LogP contribution in [0.2, 0.25) is 0 Å². The van der Waals surface area contributed by atoms with Crippen LogP contribution in [0.4, 0.5) is 14.5 Å². The molecule has 2 aromatic carbocycles. The van der Waals surface area contributed by atoms with Gasteiger partial charge in [0.05, 0.1) is 12.2 Å². The molecule has 6 heteroatoms. The van der Waals surface area contributed by atoms with Crippen molar-refractivity contribution in [1.82, 2.24) is 9.80 Å². The van der Waals surface area contributed by atoms with E-state index < -0.39 is 11.6 Å². The zero-order chi connectivity index (χ0) is 19.1. The zero-order valence-electron chi connectivity index (χ0n) is 15.1. The molecular weight excluding hydrogens is 348 g/mol. The highest BCUT2D eigenvalue weighted by atomic mass is 19.1. The van der Waals surface area contributed by atoms with E-state index in [1.165, 1.54) is 11.6 Å². The molecule has 1 aliphatic rings. The molecule has 0 saturated carbocycles. The molecule has 0 bridgehead atoms. The zero-order valence-corrected chi connectivity index (χ0v) is 15.1. The van der Waals surface area contributed by atoms with E-state index in [1.54, 1.807) is 0 Å². The van der Waals surface area contributed by atoms with Gasteiger partial charge in [0.2, 0.25) is 5.91 Å². The number of carbonyl (C=O) groups is 1. The number of anilines is 1. The average Bonchev–Trinajstić information content (AvgIpc) is 2.66. The first kappa shape index (κ1) is 19.2. The largest absolute Gasteiger partial charge is 0.322 e. The van der Waals surface area contributed by atoms with Crippen LogP contribution >= 0.6 is 0 Å². The van der Waals surface area contributed by atoms with E-state index in [1.807, 2.05) is 23.1 Å². The predicted octanol–water partition coefficient (Wildman–Crippen LogP) is 3.23. The van der Waals surface area contributed by atoms with Crippen LogP contribution in [0.1, 0.15) is 5.56 Å². The molecule has 0 aromatic heterocycles. The lowest BCUT2D eigenvalue weighted by Gasteiger charge is -2.33. The highest BCUT2D eigenvalue weighted by molar-refractivity contribution is 5.92. The third kappa shape index (κ3) is 5.98. The van der Waals surface area contributed by atoms with Crippen LogP contribution in [0.3, 0.4) is 0 Å². The predicted molar refractivity (Wildman–Crippen MR) is 103 cm³/mol. The number of halogens is 2. The Labute approximate surface area is 158 Å². The summed E-state index contributed by atoms with van der Waals surface area (Å²) in [5.41, 5.74) is 1.19. The van der Waals surface area contributed by atoms with Crippen molar-refractivity contribution in [2.45, 2.75) is 0 Å². The molecule has 0 unspecified atom stereocenters. The summed E-state index contributed by atoms with van der Waals surface area (Å²) < 4.78 is 26.5. The van der Waals surface area contributed by atoms with Gasteiger partial charge in [-0.1, -0.05) is 42.5 Å². The van der Waals surface area contributed by atoms with E-state index in [0.29, 0.717) is 0 Å². The fourth-order valence-corrected chi connectivity index (χ4v) is 3.02. The van der Waals surface area contributed by atoms with Gasteiger partial charge in [-0.2, -0.15) is 0 Å². The first-order valence-electron chi connectivity index (χ1n) is 9.01. The molecule has 3 rings (SSSR count). The molecular formula is C21H23F2N3O. The van der Waals surface area contributed by atoms with E-state index in [-0.39, 0.29) is 18.1 Å².